The molecule has 0 aliphatic carbocycles. The molecule has 0 saturated carbocycles. The zero-order valence-corrected chi connectivity index (χ0v) is 15.5. The van der Waals surface area contributed by atoms with E-state index >= 15 is 0 Å². The van der Waals surface area contributed by atoms with Crippen molar-refractivity contribution in [3.63, 3.8) is 0 Å². The number of carbonyl (C=O) groups is 1. The summed E-state index contributed by atoms with van der Waals surface area (Å²) in [5.74, 6) is -0.168. The number of para-hydroxylation sites is 1. The highest BCUT2D eigenvalue weighted by Crippen LogP contribution is 2.21. The number of ether oxygens (including phenoxy) is 2. The second-order valence-corrected chi connectivity index (χ2v) is 6.55. The number of nitrogens with zero attached hydrogens (tertiary/aromatic N) is 2. The molecule has 0 fully saturated rings. The predicted molar refractivity (Wildman–Crippen MR) is 103 cm³/mol. The fourth-order valence-electron chi connectivity index (χ4n) is 2.21. The molecule has 0 spiro atoms. The van der Waals surface area contributed by atoms with Gasteiger partial charge in [-0.05, 0) is 31.2 Å². The van der Waals surface area contributed by atoms with E-state index in [1.807, 2.05) is 42.6 Å². The number of nitrogens with one attached hydrogen (secondary N) is 1. The highest BCUT2D eigenvalue weighted by Gasteiger charge is 2.09. The van der Waals surface area contributed by atoms with Crippen molar-refractivity contribution in [2.75, 3.05) is 11.9 Å². The molecule has 6 nitrogen and oxygen atoms in total. The molecule has 0 saturated heterocycles. The molecule has 1 heterocycles. The summed E-state index contributed by atoms with van der Waals surface area (Å²) >= 11 is 1.43. The minimum absolute atomic E-state index is 0.0637. The summed E-state index contributed by atoms with van der Waals surface area (Å²) in [4.78, 5) is 16.2. The van der Waals surface area contributed by atoms with Gasteiger partial charge in [0.05, 0.1) is 11.3 Å². The fourth-order valence-corrected chi connectivity index (χ4v) is 2.92. The number of aromatic nitrogens is 1. The van der Waals surface area contributed by atoms with Crippen LogP contribution in [0.1, 0.15) is 16.8 Å². The van der Waals surface area contributed by atoms with E-state index in [0.29, 0.717) is 17.0 Å². The van der Waals surface area contributed by atoms with Gasteiger partial charge >= 0.3 is 5.97 Å². The van der Waals surface area contributed by atoms with Crippen LogP contribution in [0.25, 0.3) is 0 Å². The van der Waals surface area contributed by atoms with Crippen LogP contribution in [-0.2, 0) is 16.1 Å². The van der Waals surface area contributed by atoms with Crippen molar-refractivity contribution in [1.29, 1.82) is 5.26 Å². The van der Waals surface area contributed by atoms with Crippen LogP contribution >= 0.6 is 11.3 Å². The lowest BCUT2D eigenvalue weighted by Crippen LogP contribution is -2.15. The van der Waals surface area contributed by atoms with Gasteiger partial charge in [0, 0.05) is 11.1 Å². The zero-order chi connectivity index (χ0) is 19.1. The van der Waals surface area contributed by atoms with E-state index in [2.05, 4.69) is 10.3 Å². The summed E-state index contributed by atoms with van der Waals surface area (Å²) < 4.78 is 10.5. The molecule has 0 aliphatic rings. The number of benzene rings is 2. The average Bonchev–Trinajstić information content (AvgIpc) is 3.14. The molecule has 0 aliphatic heterocycles. The van der Waals surface area contributed by atoms with Crippen LogP contribution in [0.15, 0.2) is 53.9 Å². The first-order chi connectivity index (χ1) is 13.1. The highest BCUT2D eigenvalue weighted by molar-refractivity contribution is 7.13. The Balaban J connectivity index is 1.47. The van der Waals surface area contributed by atoms with Crippen LogP contribution in [0.4, 0.5) is 10.8 Å². The molecule has 0 bridgehead atoms. The van der Waals surface area contributed by atoms with Crippen LogP contribution in [0.3, 0.4) is 0 Å². The van der Waals surface area contributed by atoms with Crippen molar-refractivity contribution in [2.24, 2.45) is 0 Å². The summed E-state index contributed by atoms with van der Waals surface area (Å²) in [5, 5.41) is 14.8. The van der Waals surface area contributed by atoms with Crippen molar-refractivity contribution < 1.29 is 14.3 Å². The summed E-state index contributed by atoms with van der Waals surface area (Å²) in [6, 6.07) is 16.7. The van der Waals surface area contributed by atoms with Crippen LogP contribution in [0.2, 0.25) is 0 Å². The zero-order valence-electron chi connectivity index (χ0n) is 14.6. The molecule has 7 heteroatoms. The molecule has 0 atom stereocenters. The van der Waals surface area contributed by atoms with Gasteiger partial charge in [0.2, 0.25) is 0 Å². The second-order valence-electron chi connectivity index (χ2n) is 5.69. The first-order valence-corrected chi connectivity index (χ1v) is 9.07. The molecule has 3 rings (SSSR count). The normalized spacial score (nSPS) is 10.1. The van der Waals surface area contributed by atoms with E-state index < -0.39 is 5.97 Å². The van der Waals surface area contributed by atoms with Crippen molar-refractivity contribution in [3.05, 3.63) is 70.7 Å². The fraction of sp³-hybridized carbons (Fsp3) is 0.150. The standard InChI is InChI=1S/C20H17N3O3S/c1-14-6-8-16(9-7-14)22-20-23-17(13-27-20)11-26-19(24)12-25-18-5-3-2-4-15(18)10-21/h2-9,13H,11-12H2,1H3,(H,22,23). The summed E-state index contributed by atoms with van der Waals surface area (Å²) in [6.07, 6.45) is 0. The van der Waals surface area contributed by atoms with E-state index in [9.17, 15) is 4.79 Å². The molecule has 3 aromatic rings. The average molecular weight is 379 g/mol. The molecule has 1 aromatic heterocycles. The number of anilines is 2. The Morgan fingerprint density at radius 2 is 2.00 bits per heavy atom. The maximum absolute atomic E-state index is 11.8. The smallest absolute Gasteiger partial charge is 0.344 e. The monoisotopic (exact) mass is 379 g/mol. The molecule has 0 unspecified atom stereocenters. The van der Waals surface area contributed by atoms with Crippen LogP contribution in [0, 0.1) is 18.3 Å². The number of esters is 1. The molecule has 136 valence electrons. The van der Waals surface area contributed by atoms with Gasteiger partial charge in [-0.2, -0.15) is 5.26 Å². The third kappa shape index (κ3) is 5.30. The van der Waals surface area contributed by atoms with Crippen LogP contribution in [-0.4, -0.2) is 17.6 Å². The van der Waals surface area contributed by atoms with E-state index in [1.165, 1.54) is 16.9 Å². The third-order valence-electron chi connectivity index (χ3n) is 3.59. The summed E-state index contributed by atoms with van der Waals surface area (Å²) in [5.41, 5.74) is 3.16. The summed E-state index contributed by atoms with van der Waals surface area (Å²) in [7, 11) is 0. The number of hydrogen-bond acceptors (Lipinski definition) is 7. The Bertz CT molecular complexity index is 961. The van der Waals surface area contributed by atoms with Gasteiger partial charge in [0.1, 0.15) is 18.4 Å². The number of carbonyl (C=O) groups excluding carboxylic acids is 1. The maximum atomic E-state index is 11.8. The van der Waals surface area contributed by atoms with E-state index in [-0.39, 0.29) is 13.2 Å². The Hall–Kier alpha value is -3.37. The second kappa shape index (κ2) is 8.83. The SMILES string of the molecule is Cc1ccc(Nc2nc(COC(=O)COc3ccccc3C#N)cs2)cc1. The minimum atomic E-state index is -0.524. The van der Waals surface area contributed by atoms with Crippen molar-refractivity contribution >= 4 is 28.1 Å². The lowest BCUT2D eigenvalue weighted by atomic mass is 10.2. The van der Waals surface area contributed by atoms with Crippen molar-refractivity contribution in [3.8, 4) is 11.8 Å². The molecule has 2 aromatic carbocycles. The molecular formula is C20H17N3O3S. The Morgan fingerprint density at radius 3 is 2.78 bits per heavy atom. The minimum Gasteiger partial charge on any atom is -0.481 e. The van der Waals surface area contributed by atoms with Gasteiger partial charge in [0.25, 0.3) is 0 Å². The van der Waals surface area contributed by atoms with Gasteiger partial charge in [-0.15, -0.1) is 11.3 Å². The van der Waals surface area contributed by atoms with Gasteiger partial charge in [-0.1, -0.05) is 29.8 Å². The summed E-state index contributed by atoms with van der Waals surface area (Å²) in [6.45, 7) is 1.83. The lowest BCUT2D eigenvalue weighted by Gasteiger charge is -2.07. The highest BCUT2D eigenvalue weighted by atomic mass is 32.1. The van der Waals surface area contributed by atoms with Crippen LogP contribution in [0.5, 0.6) is 5.75 Å². The predicted octanol–water partition coefficient (Wildman–Crippen LogP) is 4.19. The number of thiazole rings is 1. The van der Waals surface area contributed by atoms with E-state index in [1.54, 1.807) is 24.3 Å². The van der Waals surface area contributed by atoms with Crippen LogP contribution < -0.4 is 10.1 Å². The van der Waals surface area contributed by atoms with Crippen molar-refractivity contribution in [1.82, 2.24) is 4.98 Å². The Kier molecular flexibility index (Phi) is 6.02. The van der Waals surface area contributed by atoms with Crippen molar-refractivity contribution in [2.45, 2.75) is 13.5 Å². The number of nitriles is 1. The molecule has 0 radical (unpaired) electrons. The Labute approximate surface area is 161 Å². The first-order valence-electron chi connectivity index (χ1n) is 8.19. The third-order valence-corrected chi connectivity index (χ3v) is 4.40. The lowest BCUT2D eigenvalue weighted by molar-refractivity contribution is -0.147. The largest absolute Gasteiger partial charge is 0.481 e. The quantitative estimate of drug-likeness (QED) is 0.620. The Morgan fingerprint density at radius 1 is 1.22 bits per heavy atom. The first kappa shape index (κ1) is 18.4. The van der Waals surface area contributed by atoms with Gasteiger partial charge in [-0.3, -0.25) is 0 Å². The topological polar surface area (TPSA) is 84.2 Å². The number of aryl methyl sites for hydroxylation is 1. The maximum Gasteiger partial charge on any atom is 0.344 e. The molecule has 0 amide bonds. The molecule has 27 heavy (non-hydrogen) atoms. The number of hydrogen-bond donors (Lipinski definition) is 1. The van der Waals surface area contributed by atoms with Gasteiger partial charge < -0.3 is 14.8 Å². The van der Waals surface area contributed by atoms with Gasteiger partial charge in [0.15, 0.2) is 11.7 Å². The van der Waals surface area contributed by atoms with Gasteiger partial charge in [-0.25, -0.2) is 9.78 Å². The van der Waals surface area contributed by atoms with E-state index in [0.717, 1.165) is 10.8 Å². The molecular weight excluding hydrogens is 362 g/mol. The molecule has 1 N–H and O–H groups in total. The van der Waals surface area contributed by atoms with E-state index in [4.69, 9.17) is 14.7 Å². The number of rotatable bonds is 7.